The standard InChI is InChI=1S/C7H17N4O7P/c8-1-3(12)2(11-7(9)10)6(5(14)4(1)13)18-19(15,16)17/h1-6,12-14H,8H2,(H4,9,10,11)(H2,15,16,17)/p+1. The Bertz CT molecular complexity index is 397. The molecule has 1 rings (SSSR count). The van der Waals surface area contributed by atoms with Crippen molar-refractivity contribution < 1.29 is 39.2 Å². The van der Waals surface area contributed by atoms with Crippen LogP contribution in [-0.4, -0.2) is 67.6 Å². The van der Waals surface area contributed by atoms with Gasteiger partial charge in [-0.15, -0.1) is 0 Å². The van der Waals surface area contributed by atoms with Gasteiger partial charge in [0, 0.05) is 0 Å². The van der Waals surface area contributed by atoms with Crippen molar-refractivity contribution in [3.8, 4) is 0 Å². The third kappa shape index (κ3) is 3.84. The molecule has 19 heavy (non-hydrogen) atoms. The van der Waals surface area contributed by atoms with Crippen LogP contribution in [0.3, 0.4) is 0 Å². The summed E-state index contributed by atoms with van der Waals surface area (Å²) in [6, 6.07) is -2.57. The Morgan fingerprint density at radius 3 is 2.05 bits per heavy atom. The van der Waals surface area contributed by atoms with E-state index in [0.29, 0.717) is 0 Å². The van der Waals surface area contributed by atoms with E-state index in [0.717, 1.165) is 0 Å². The fourth-order valence-electron chi connectivity index (χ4n) is 1.92. The van der Waals surface area contributed by atoms with Crippen LogP contribution in [0.2, 0.25) is 0 Å². The number of aliphatic hydroxyl groups is 3. The molecule has 0 spiro atoms. The van der Waals surface area contributed by atoms with Gasteiger partial charge in [-0.2, -0.15) is 0 Å². The molecule has 11 nitrogen and oxygen atoms in total. The maximum atomic E-state index is 10.8. The van der Waals surface area contributed by atoms with Crippen molar-refractivity contribution in [3.63, 3.8) is 0 Å². The summed E-state index contributed by atoms with van der Waals surface area (Å²) >= 11 is 0. The maximum Gasteiger partial charge on any atom is 0.470 e. The minimum atomic E-state index is -4.98. The van der Waals surface area contributed by atoms with Crippen molar-refractivity contribution in [1.29, 1.82) is 0 Å². The van der Waals surface area contributed by atoms with Crippen molar-refractivity contribution in [2.45, 2.75) is 36.5 Å². The molecule has 0 saturated heterocycles. The molecule has 0 aromatic rings. The lowest BCUT2D eigenvalue weighted by molar-refractivity contribution is -0.540. The molecular formula is C7H18N4O7P+. The topological polar surface area (TPSA) is 219 Å². The van der Waals surface area contributed by atoms with E-state index >= 15 is 0 Å². The molecule has 12 heteroatoms. The normalized spacial score (nSPS) is 39.9. The van der Waals surface area contributed by atoms with E-state index in [2.05, 4.69) is 9.52 Å². The van der Waals surface area contributed by atoms with Crippen molar-refractivity contribution in [2.24, 2.45) is 17.2 Å². The zero-order chi connectivity index (χ0) is 15.0. The first-order valence-electron chi connectivity index (χ1n) is 5.22. The summed E-state index contributed by atoms with van der Waals surface area (Å²) in [4.78, 5) is 19.8. The molecule has 0 aromatic heterocycles. The number of aliphatic hydroxyl groups excluding tert-OH is 3. The predicted octanol–water partition coefficient (Wildman–Crippen LogP) is -6.39. The Hall–Kier alpha value is -0.780. The Morgan fingerprint density at radius 1 is 1.11 bits per heavy atom. The van der Waals surface area contributed by atoms with Gasteiger partial charge in [-0.05, 0) is 0 Å². The van der Waals surface area contributed by atoms with Crippen LogP contribution in [0.25, 0.3) is 0 Å². The number of guanidine groups is 1. The summed E-state index contributed by atoms with van der Waals surface area (Å²) in [5, 5.41) is 29.1. The van der Waals surface area contributed by atoms with E-state index < -0.39 is 44.3 Å². The summed E-state index contributed by atoms with van der Waals surface area (Å²) in [6.45, 7) is 0. The number of nitrogens with one attached hydrogen (secondary N) is 1. The van der Waals surface area contributed by atoms with Crippen LogP contribution in [0.5, 0.6) is 0 Å². The average Bonchev–Trinajstić information content (AvgIpc) is 2.26. The molecule has 0 amide bonds. The molecule has 0 aromatic carbocycles. The van der Waals surface area contributed by atoms with Crippen molar-refractivity contribution >= 4 is 13.8 Å². The van der Waals surface area contributed by atoms with Gasteiger partial charge in [0.1, 0.15) is 30.5 Å². The lowest BCUT2D eigenvalue weighted by Gasteiger charge is -2.41. The second-order valence-electron chi connectivity index (χ2n) is 4.24. The summed E-state index contributed by atoms with van der Waals surface area (Å²) in [7, 11) is -4.98. The zero-order valence-corrected chi connectivity index (χ0v) is 10.6. The highest BCUT2D eigenvalue weighted by molar-refractivity contribution is 7.46. The number of phosphoric ester groups is 1. The average molecular weight is 301 g/mol. The van der Waals surface area contributed by atoms with Gasteiger partial charge < -0.3 is 30.8 Å². The van der Waals surface area contributed by atoms with Crippen LogP contribution in [0, 0.1) is 0 Å². The molecule has 1 aliphatic carbocycles. The number of phosphoric acid groups is 1. The van der Waals surface area contributed by atoms with E-state index in [1.54, 1.807) is 0 Å². The summed E-state index contributed by atoms with van der Waals surface area (Å²) in [5.41, 5.74) is 15.8. The number of hydrogen-bond acceptors (Lipinski definition) is 6. The molecule has 1 aliphatic rings. The molecule has 0 bridgehead atoms. The highest BCUT2D eigenvalue weighted by atomic mass is 31.2. The highest BCUT2D eigenvalue weighted by Gasteiger charge is 2.51. The lowest BCUT2D eigenvalue weighted by atomic mass is 9.82. The Labute approximate surface area is 107 Å². The Balaban J connectivity index is 3.11. The van der Waals surface area contributed by atoms with Gasteiger partial charge in [0.15, 0.2) is 0 Å². The van der Waals surface area contributed by atoms with E-state index in [-0.39, 0.29) is 5.96 Å². The first-order valence-corrected chi connectivity index (χ1v) is 6.76. The van der Waals surface area contributed by atoms with Crippen molar-refractivity contribution in [3.05, 3.63) is 0 Å². The SMILES string of the molecule is NC(N)=[NH+]C1C(O)C(N)C(O)C(O)C1OP(=O)(O)O. The molecular weight excluding hydrogens is 283 g/mol. The third-order valence-electron chi connectivity index (χ3n) is 2.79. The molecule has 0 heterocycles. The summed E-state index contributed by atoms with van der Waals surface area (Å²) in [6.07, 6.45) is -6.55. The molecule has 112 valence electrons. The van der Waals surface area contributed by atoms with Crippen LogP contribution in [-0.2, 0) is 9.09 Å². The molecule has 6 unspecified atom stereocenters. The minimum absolute atomic E-state index is 0.376. The molecule has 12 N–H and O–H groups in total. The van der Waals surface area contributed by atoms with Crippen molar-refractivity contribution in [1.82, 2.24) is 0 Å². The summed E-state index contributed by atoms with van der Waals surface area (Å²) < 4.78 is 15.2. The fraction of sp³-hybridized carbons (Fsp3) is 0.857. The number of nitrogens with two attached hydrogens (primary N) is 3. The molecule has 1 saturated carbocycles. The van der Waals surface area contributed by atoms with Crippen LogP contribution < -0.4 is 22.2 Å². The largest absolute Gasteiger partial charge is 0.470 e. The third-order valence-corrected chi connectivity index (χ3v) is 3.31. The van der Waals surface area contributed by atoms with Gasteiger partial charge in [0.05, 0.1) is 6.04 Å². The number of hydrogen-bond donors (Lipinski definition) is 9. The Kier molecular flexibility index (Phi) is 4.87. The first-order chi connectivity index (χ1) is 8.54. The van der Waals surface area contributed by atoms with Gasteiger partial charge >= 0.3 is 13.8 Å². The predicted molar refractivity (Wildman–Crippen MR) is 61.0 cm³/mol. The van der Waals surface area contributed by atoms with E-state index in [1.165, 1.54) is 0 Å². The molecule has 6 atom stereocenters. The first kappa shape index (κ1) is 16.3. The van der Waals surface area contributed by atoms with Crippen LogP contribution in [0.15, 0.2) is 0 Å². The van der Waals surface area contributed by atoms with Gasteiger partial charge in [0.25, 0.3) is 0 Å². The van der Waals surface area contributed by atoms with Gasteiger partial charge in [-0.25, -0.2) is 4.57 Å². The maximum absolute atomic E-state index is 10.8. The van der Waals surface area contributed by atoms with Crippen LogP contribution >= 0.6 is 7.82 Å². The fourth-order valence-corrected chi connectivity index (χ4v) is 2.49. The molecule has 0 aliphatic heterocycles. The van der Waals surface area contributed by atoms with Crippen LogP contribution in [0.4, 0.5) is 0 Å². The monoisotopic (exact) mass is 301 g/mol. The highest BCUT2D eigenvalue weighted by Crippen LogP contribution is 2.40. The second kappa shape index (κ2) is 5.69. The quantitative estimate of drug-likeness (QED) is 0.136. The minimum Gasteiger partial charge on any atom is -0.389 e. The molecule has 1 fully saturated rings. The van der Waals surface area contributed by atoms with Crippen molar-refractivity contribution in [2.75, 3.05) is 0 Å². The second-order valence-corrected chi connectivity index (χ2v) is 5.43. The van der Waals surface area contributed by atoms with Gasteiger partial charge in [-0.3, -0.25) is 21.0 Å². The van der Waals surface area contributed by atoms with Crippen LogP contribution in [0.1, 0.15) is 0 Å². The lowest BCUT2D eigenvalue weighted by Crippen LogP contribution is -2.93. The molecule has 0 radical (unpaired) electrons. The Morgan fingerprint density at radius 2 is 1.63 bits per heavy atom. The van der Waals surface area contributed by atoms with Gasteiger partial charge in [-0.1, -0.05) is 0 Å². The summed E-state index contributed by atoms with van der Waals surface area (Å²) in [5.74, 6) is -0.376. The number of rotatable bonds is 3. The van der Waals surface area contributed by atoms with E-state index in [1.807, 2.05) is 0 Å². The smallest absolute Gasteiger partial charge is 0.389 e. The zero-order valence-electron chi connectivity index (χ0n) is 9.70. The van der Waals surface area contributed by atoms with E-state index in [4.69, 9.17) is 27.0 Å². The van der Waals surface area contributed by atoms with Gasteiger partial charge in [0.2, 0.25) is 0 Å². The van der Waals surface area contributed by atoms with E-state index in [9.17, 15) is 19.9 Å².